The lowest BCUT2D eigenvalue weighted by Gasteiger charge is -2.17. The number of amides is 1. The van der Waals surface area contributed by atoms with Crippen LogP contribution in [0.25, 0.3) is 0 Å². The maximum absolute atomic E-state index is 11.1. The van der Waals surface area contributed by atoms with Crippen LogP contribution in [0.4, 0.5) is 0 Å². The first kappa shape index (κ1) is 12.9. The molecule has 0 spiro atoms. The highest BCUT2D eigenvalue weighted by Gasteiger charge is 2.14. The maximum atomic E-state index is 11.1. The molecule has 0 aliphatic carbocycles. The summed E-state index contributed by atoms with van der Waals surface area (Å²) in [5, 5.41) is 11.8. The molecule has 0 aliphatic heterocycles. The van der Waals surface area contributed by atoms with E-state index in [1.54, 1.807) is 13.8 Å². The first-order valence-corrected chi connectivity index (χ1v) is 4.41. The number of nitrogens with one attached hydrogen (secondary N) is 1. The van der Waals surface area contributed by atoms with Gasteiger partial charge in [-0.3, -0.25) is 9.59 Å². The summed E-state index contributed by atoms with van der Waals surface area (Å²) in [6.07, 6.45) is 0.150. The quantitative estimate of drug-likeness (QED) is 0.608. The second-order valence-corrected chi connectivity index (χ2v) is 3.67. The van der Waals surface area contributed by atoms with E-state index in [4.69, 9.17) is 0 Å². The number of rotatable bonds is 5. The topological polar surface area (TPSA) is 75.6 Å². The van der Waals surface area contributed by atoms with E-state index < -0.39 is 11.6 Å². The Kier molecular flexibility index (Phi) is 5.15. The standard InChI is InChI=1S/C9H17NO4/c1-9(2,13)6-10-7(11)4-5-8(12)14-3/h13H,4-6H2,1-3H3,(H,10,11). The number of hydrogen-bond acceptors (Lipinski definition) is 4. The minimum atomic E-state index is -0.930. The Morgan fingerprint density at radius 2 is 1.93 bits per heavy atom. The van der Waals surface area contributed by atoms with Crippen LogP contribution in [0.3, 0.4) is 0 Å². The Labute approximate surface area is 83.4 Å². The fraction of sp³-hybridized carbons (Fsp3) is 0.778. The molecule has 2 N–H and O–H groups in total. The Morgan fingerprint density at radius 1 is 1.36 bits per heavy atom. The average Bonchev–Trinajstić information content (AvgIpc) is 2.09. The normalized spacial score (nSPS) is 10.9. The molecule has 5 heteroatoms. The van der Waals surface area contributed by atoms with Crippen LogP contribution in [0.5, 0.6) is 0 Å². The van der Waals surface area contributed by atoms with Gasteiger partial charge in [-0.25, -0.2) is 0 Å². The minimum Gasteiger partial charge on any atom is -0.469 e. The molecule has 0 radical (unpaired) electrons. The van der Waals surface area contributed by atoms with Gasteiger partial charge >= 0.3 is 5.97 Å². The third kappa shape index (κ3) is 7.54. The van der Waals surface area contributed by atoms with Crippen LogP contribution < -0.4 is 5.32 Å². The van der Waals surface area contributed by atoms with E-state index in [1.165, 1.54) is 7.11 Å². The number of methoxy groups -OCH3 is 1. The molecule has 0 saturated carbocycles. The van der Waals surface area contributed by atoms with E-state index in [2.05, 4.69) is 10.1 Å². The zero-order valence-corrected chi connectivity index (χ0v) is 8.79. The Bertz CT molecular complexity index is 207. The molecule has 0 unspecified atom stereocenters. The van der Waals surface area contributed by atoms with Crippen molar-refractivity contribution in [3.8, 4) is 0 Å². The summed E-state index contributed by atoms with van der Waals surface area (Å²) in [4.78, 5) is 21.7. The minimum absolute atomic E-state index is 0.0637. The van der Waals surface area contributed by atoms with Crippen LogP contribution in [-0.2, 0) is 14.3 Å². The summed E-state index contributed by atoms with van der Waals surface area (Å²) in [6.45, 7) is 3.36. The second-order valence-electron chi connectivity index (χ2n) is 3.67. The molecule has 0 heterocycles. The highest BCUT2D eigenvalue weighted by molar-refractivity contribution is 5.81. The lowest BCUT2D eigenvalue weighted by Crippen LogP contribution is -2.38. The number of aliphatic hydroxyl groups is 1. The third-order valence-electron chi connectivity index (χ3n) is 1.50. The smallest absolute Gasteiger partial charge is 0.306 e. The van der Waals surface area contributed by atoms with Gasteiger partial charge in [-0.15, -0.1) is 0 Å². The Morgan fingerprint density at radius 3 is 2.36 bits per heavy atom. The van der Waals surface area contributed by atoms with Gasteiger partial charge in [0, 0.05) is 13.0 Å². The first-order chi connectivity index (χ1) is 6.35. The fourth-order valence-corrected chi connectivity index (χ4v) is 0.721. The number of carbonyl (C=O) groups excluding carboxylic acids is 2. The molecule has 0 bridgehead atoms. The van der Waals surface area contributed by atoms with Crippen molar-refractivity contribution in [1.29, 1.82) is 0 Å². The average molecular weight is 203 g/mol. The van der Waals surface area contributed by atoms with E-state index in [0.29, 0.717) is 0 Å². The van der Waals surface area contributed by atoms with Crippen molar-refractivity contribution < 1.29 is 19.4 Å². The van der Waals surface area contributed by atoms with Gasteiger partial charge in [-0.05, 0) is 13.8 Å². The molecule has 0 atom stereocenters. The van der Waals surface area contributed by atoms with E-state index in [9.17, 15) is 14.7 Å². The van der Waals surface area contributed by atoms with Crippen molar-refractivity contribution in [1.82, 2.24) is 5.32 Å². The van der Waals surface area contributed by atoms with E-state index in [0.717, 1.165) is 0 Å². The molecule has 14 heavy (non-hydrogen) atoms. The second kappa shape index (κ2) is 5.59. The van der Waals surface area contributed by atoms with Gasteiger partial charge in [-0.2, -0.15) is 0 Å². The summed E-state index contributed by atoms with van der Waals surface area (Å²) in [5.41, 5.74) is -0.930. The largest absolute Gasteiger partial charge is 0.469 e. The number of esters is 1. The molecule has 0 aliphatic rings. The van der Waals surface area contributed by atoms with Crippen molar-refractivity contribution in [3.05, 3.63) is 0 Å². The highest BCUT2D eigenvalue weighted by Crippen LogP contribution is 1.98. The monoisotopic (exact) mass is 203 g/mol. The molecule has 0 saturated heterocycles. The zero-order chi connectivity index (χ0) is 11.2. The van der Waals surface area contributed by atoms with Gasteiger partial charge in [0.1, 0.15) is 0 Å². The third-order valence-corrected chi connectivity index (χ3v) is 1.50. The predicted octanol–water partition coefficient (Wildman–Crippen LogP) is -0.173. The lowest BCUT2D eigenvalue weighted by molar-refractivity contribution is -0.142. The molecule has 1 amide bonds. The molecular formula is C9H17NO4. The molecule has 0 fully saturated rings. The summed E-state index contributed by atoms with van der Waals surface area (Å²) in [5.74, 6) is -0.680. The summed E-state index contributed by atoms with van der Waals surface area (Å²) in [7, 11) is 1.27. The van der Waals surface area contributed by atoms with Crippen LogP contribution in [0.2, 0.25) is 0 Å². The van der Waals surface area contributed by atoms with Crippen LogP contribution in [-0.4, -0.2) is 36.2 Å². The summed E-state index contributed by atoms with van der Waals surface area (Å²) < 4.78 is 4.38. The van der Waals surface area contributed by atoms with E-state index in [-0.39, 0.29) is 25.3 Å². The van der Waals surface area contributed by atoms with Crippen molar-refractivity contribution in [2.45, 2.75) is 32.3 Å². The van der Waals surface area contributed by atoms with Crippen molar-refractivity contribution in [2.24, 2.45) is 0 Å². The number of hydrogen-bond donors (Lipinski definition) is 2. The van der Waals surface area contributed by atoms with Gasteiger partial charge in [0.05, 0.1) is 19.1 Å². The van der Waals surface area contributed by atoms with Crippen molar-refractivity contribution in [3.63, 3.8) is 0 Å². The van der Waals surface area contributed by atoms with Gasteiger partial charge < -0.3 is 15.2 Å². The van der Waals surface area contributed by atoms with E-state index in [1.807, 2.05) is 0 Å². The van der Waals surface area contributed by atoms with E-state index >= 15 is 0 Å². The summed E-state index contributed by atoms with van der Waals surface area (Å²) >= 11 is 0. The molecular weight excluding hydrogens is 186 g/mol. The van der Waals surface area contributed by atoms with Gasteiger partial charge in [0.15, 0.2) is 0 Å². The van der Waals surface area contributed by atoms with Gasteiger partial charge in [0.25, 0.3) is 0 Å². The molecule has 0 aromatic rings. The number of carbonyl (C=O) groups is 2. The number of ether oxygens (including phenoxy) is 1. The predicted molar refractivity (Wildman–Crippen MR) is 50.6 cm³/mol. The SMILES string of the molecule is COC(=O)CCC(=O)NCC(C)(C)O. The molecule has 82 valence electrons. The molecule has 0 aromatic carbocycles. The maximum Gasteiger partial charge on any atom is 0.306 e. The van der Waals surface area contributed by atoms with Crippen molar-refractivity contribution >= 4 is 11.9 Å². The van der Waals surface area contributed by atoms with Crippen LogP contribution in [0, 0.1) is 0 Å². The lowest BCUT2D eigenvalue weighted by atomic mass is 10.1. The fourth-order valence-electron chi connectivity index (χ4n) is 0.721. The zero-order valence-electron chi connectivity index (χ0n) is 8.79. The molecule has 0 aromatic heterocycles. The van der Waals surface area contributed by atoms with Crippen LogP contribution in [0.15, 0.2) is 0 Å². The summed E-state index contributed by atoms with van der Waals surface area (Å²) in [6, 6.07) is 0. The Hall–Kier alpha value is -1.10. The first-order valence-electron chi connectivity index (χ1n) is 4.41. The van der Waals surface area contributed by atoms with Gasteiger partial charge in [0.2, 0.25) is 5.91 Å². The van der Waals surface area contributed by atoms with Gasteiger partial charge in [-0.1, -0.05) is 0 Å². The van der Waals surface area contributed by atoms with Crippen molar-refractivity contribution in [2.75, 3.05) is 13.7 Å². The Balaban J connectivity index is 3.62. The highest BCUT2D eigenvalue weighted by atomic mass is 16.5. The molecule has 0 rings (SSSR count). The molecule has 5 nitrogen and oxygen atoms in total. The van der Waals surface area contributed by atoms with Crippen LogP contribution >= 0.6 is 0 Å². The van der Waals surface area contributed by atoms with Crippen LogP contribution in [0.1, 0.15) is 26.7 Å².